The maximum atomic E-state index is 12.3. The Kier molecular flexibility index (Phi) is 4.16. The zero-order chi connectivity index (χ0) is 13.1. The third-order valence-corrected chi connectivity index (χ3v) is 2.53. The van der Waals surface area contributed by atoms with Crippen molar-refractivity contribution in [3.05, 3.63) is 48.2 Å². The van der Waals surface area contributed by atoms with E-state index in [0.717, 1.165) is 11.3 Å². The van der Waals surface area contributed by atoms with E-state index in [2.05, 4.69) is 6.58 Å². The van der Waals surface area contributed by atoms with Crippen molar-refractivity contribution in [2.75, 3.05) is 0 Å². The number of benzene rings is 1. The molecule has 0 heterocycles. The minimum atomic E-state index is -0.381. The van der Waals surface area contributed by atoms with Crippen LogP contribution in [-0.4, -0.2) is 18.7 Å². The lowest BCUT2D eigenvalue weighted by atomic mass is 9.71. The SMILES string of the molecule is BC(C)(C)C(=O)N(Cc1ccccc1)C(=C)C. The van der Waals surface area contributed by atoms with Crippen LogP contribution in [0, 0.1) is 0 Å². The average Bonchev–Trinajstić information content (AvgIpc) is 2.24. The van der Waals surface area contributed by atoms with Crippen LogP contribution in [0.5, 0.6) is 0 Å². The first-order valence-electron chi connectivity index (χ1n) is 5.84. The normalized spacial score (nSPS) is 11.0. The molecule has 0 unspecified atom stereocenters. The Morgan fingerprint density at radius 1 is 1.35 bits per heavy atom. The highest BCUT2D eigenvalue weighted by Gasteiger charge is 2.27. The molecule has 90 valence electrons. The van der Waals surface area contributed by atoms with Gasteiger partial charge in [-0.15, -0.1) is 0 Å². The Hall–Kier alpha value is -1.51. The Morgan fingerprint density at radius 3 is 2.29 bits per heavy atom. The first-order chi connectivity index (χ1) is 7.82. The molecule has 0 aliphatic heterocycles. The van der Waals surface area contributed by atoms with E-state index in [1.165, 1.54) is 0 Å². The first-order valence-corrected chi connectivity index (χ1v) is 5.84. The van der Waals surface area contributed by atoms with Crippen LogP contribution in [0.2, 0.25) is 5.31 Å². The van der Waals surface area contributed by atoms with Gasteiger partial charge >= 0.3 is 0 Å². The van der Waals surface area contributed by atoms with Gasteiger partial charge in [-0.05, 0) is 12.5 Å². The van der Waals surface area contributed by atoms with Crippen LogP contribution in [-0.2, 0) is 11.3 Å². The second-order valence-electron chi connectivity index (χ2n) is 5.36. The quantitative estimate of drug-likeness (QED) is 0.726. The van der Waals surface area contributed by atoms with Gasteiger partial charge in [0.25, 0.3) is 0 Å². The van der Waals surface area contributed by atoms with Gasteiger partial charge in [-0.25, -0.2) is 0 Å². The van der Waals surface area contributed by atoms with Gasteiger partial charge in [0.05, 0.1) is 6.54 Å². The monoisotopic (exact) mass is 229 g/mol. The fourth-order valence-electron chi connectivity index (χ4n) is 1.55. The molecule has 0 saturated heterocycles. The Labute approximate surface area is 105 Å². The number of hydrogen-bond acceptors (Lipinski definition) is 1. The zero-order valence-corrected chi connectivity index (χ0v) is 11.2. The van der Waals surface area contributed by atoms with Crippen LogP contribution < -0.4 is 0 Å². The molecule has 0 atom stereocenters. The molecule has 0 spiro atoms. The topological polar surface area (TPSA) is 20.3 Å². The predicted molar refractivity (Wildman–Crippen MR) is 74.4 cm³/mol. The van der Waals surface area contributed by atoms with Crippen LogP contribution in [0.3, 0.4) is 0 Å². The molecule has 1 aromatic rings. The van der Waals surface area contributed by atoms with E-state index in [9.17, 15) is 4.79 Å². The van der Waals surface area contributed by atoms with E-state index in [0.29, 0.717) is 6.54 Å². The summed E-state index contributed by atoms with van der Waals surface area (Å²) in [5.41, 5.74) is 1.90. The summed E-state index contributed by atoms with van der Waals surface area (Å²) in [5.74, 6) is 0.105. The van der Waals surface area contributed by atoms with Gasteiger partial charge < -0.3 is 4.90 Å². The van der Waals surface area contributed by atoms with Crippen molar-refractivity contribution in [1.29, 1.82) is 0 Å². The maximum absolute atomic E-state index is 12.3. The lowest BCUT2D eigenvalue weighted by molar-refractivity contribution is -0.132. The Morgan fingerprint density at radius 2 is 1.88 bits per heavy atom. The van der Waals surface area contributed by atoms with Gasteiger partial charge in [-0.3, -0.25) is 4.79 Å². The number of hydrogen-bond donors (Lipinski definition) is 0. The standard InChI is InChI=1S/C14H20BNO/c1-11(2)16(13(17)14(3,4)15)10-12-8-6-5-7-9-12/h5-9H,1,10,15H2,2-4H3. The van der Waals surface area contributed by atoms with E-state index in [1.54, 1.807) is 4.90 Å². The molecule has 2 nitrogen and oxygen atoms in total. The molecule has 0 N–H and O–H groups in total. The van der Waals surface area contributed by atoms with Gasteiger partial charge in [0.15, 0.2) is 0 Å². The molecule has 1 rings (SSSR count). The van der Waals surface area contributed by atoms with Crippen molar-refractivity contribution >= 4 is 13.8 Å². The third-order valence-electron chi connectivity index (χ3n) is 2.53. The Balaban J connectivity index is 2.89. The zero-order valence-electron chi connectivity index (χ0n) is 11.2. The van der Waals surface area contributed by atoms with Crippen LogP contribution in [0.1, 0.15) is 26.3 Å². The molecule has 0 fully saturated rings. The molecule has 0 aliphatic carbocycles. The summed E-state index contributed by atoms with van der Waals surface area (Å²) in [5, 5.41) is -0.381. The largest absolute Gasteiger partial charge is 0.313 e. The average molecular weight is 229 g/mol. The van der Waals surface area contributed by atoms with E-state index in [4.69, 9.17) is 0 Å². The summed E-state index contributed by atoms with van der Waals surface area (Å²) in [6.07, 6.45) is 0. The molecule has 0 aromatic heterocycles. The number of amides is 1. The number of rotatable bonds is 4. The number of nitrogens with zero attached hydrogens (tertiary/aromatic N) is 1. The van der Waals surface area contributed by atoms with E-state index < -0.39 is 0 Å². The van der Waals surface area contributed by atoms with Gasteiger partial charge in [0.1, 0.15) is 7.85 Å². The molecule has 1 amide bonds. The van der Waals surface area contributed by atoms with Crippen molar-refractivity contribution in [1.82, 2.24) is 4.90 Å². The van der Waals surface area contributed by atoms with Gasteiger partial charge in [-0.1, -0.05) is 50.8 Å². The lowest BCUT2D eigenvalue weighted by Gasteiger charge is -2.29. The van der Waals surface area contributed by atoms with Crippen molar-refractivity contribution in [2.24, 2.45) is 0 Å². The molecule has 17 heavy (non-hydrogen) atoms. The van der Waals surface area contributed by atoms with Gasteiger partial charge in [0.2, 0.25) is 5.91 Å². The van der Waals surface area contributed by atoms with Crippen LogP contribution in [0.4, 0.5) is 0 Å². The minimum Gasteiger partial charge on any atom is -0.313 e. The Bertz CT molecular complexity index is 406. The summed E-state index contributed by atoms with van der Waals surface area (Å²) >= 11 is 0. The summed E-state index contributed by atoms with van der Waals surface area (Å²) in [6, 6.07) is 9.97. The van der Waals surface area contributed by atoms with Crippen molar-refractivity contribution < 1.29 is 4.79 Å². The fourth-order valence-corrected chi connectivity index (χ4v) is 1.55. The molecular formula is C14H20BNO. The smallest absolute Gasteiger partial charge is 0.224 e. The molecule has 3 heteroatoms. The molecule has 0 bridgehead atoms. The molecule has 0 aliphatic rings. The highest BCUT2D eigenvalue weighted by molar-refractivity contribution is 6.27. The molecular weight excluding hydrogens is 209 g/mol. The third kappa shape index (κ3) is 3.77. The second kappa shape index (κ2) is 5.22. The van der Waals surface area contributed by atoms with E-state index in [1.807, 2.05) is 58.9 Å². The number of carbonyl (C=O) groups is 1. The van der Waals surface area contributed by atoms with Gasteiger partial charge in [-0.2, -0.15) is 0 Å². The van der Waals surface area contributed by atoms with Crippen LogP contribution >= 0.6 is 0 Å². The molecule has 1 aromatic carbocycles. The summed E-state index contributed by atoms with van der Waals surface area (Å²) in [6.45, 7) is 10.2. The maximum Gasteiger partial charge on any atom is 0.224 e. The van der Waals surface area contributed by atoms with Crippen molar-refractivity contribution in [3.63, 3.8) is 0 Å². The second-order valence-corrected chi connectivity index (χ2v) is 5.36. The summed E-state index contributed by atoms with van der Waals surface area (Å²) in [4.78, 5) is 14.0. The van der Waals surface area contributed by atoms with Crippen LogP contribution in [0.15, 0.2) is 42.6 Å². The van der Waals surface area contributed by atoms with E-state index >= 15 is 0 Å². The highest BCUT2D eigenvalue weighted by Crippen LogP contribution is 2.25. The summed E-state index contributed by atoms with van der Waals surface area (Å²) < 4.78 is 0. The number of carbonyl (C=O) groups excluding carboxylic acids is 1. The lowest BCUT2D eigenvalue weighted by Crippen LogP contribution is -2.35. The summed E-state index contributed by atoms with van der Waals surface area (Å²) in [7, 11) is 1.93. The van der Waals surface area contributed by atoms with Gasteiger partial charge in [0, 0.05) is 11.0 Å². The first kappa shape index (κ1) is 13.6. The number of allylic oxidation sites excluding steroid dienone is 1. The minimum absolute atomic E-state index is 0.105. The van der Waals surface area contributed by atoms with Crippen molar-refractivity contribution in [2.45, 2.75) is 32.6 Å². The highest BCUT2D eigenvalue weighted by atomic mass is 16.2. The molecule has 0 saturated carbocycles. The van der Waals surface area contributed by atoms with Crippen molar-refractivity contribution in [3.8, 4) is 0 Å². The van der Waals surface area contributed by atoms with Crippen LogP contribution in [0.25, 0.3) is 0 Å². The fraction of sp³-hybridized carbons (Fsp3) is 0.357. The van der Waals surface area contributed by atoms with E-state index in [-0.39, 0.29) is 11.2 Å². The predicted octanol–water partition coefficient (Wildman–Crippen LogP) is 2.38. The molecule has 0 radical (unpaired) electrons.